The number of phenols is 1. The van der Waals surface area contributed by atoms with Gasteiger partial charge in [-0.05, 0) is 43.4 Å². The molecule has 20 heteroatoms. The Hall–Kier alpha value is -4.48. The van der Waals surface area contributed by atoms with Crippen LogP contribution in [0.2, 0.25) is 5.02 Å². The summed E-state index contributed by atoms with van der Waals surface area (Å²) in [6, 6.07) is 5.57. The number of allylic oxidation sites excluding steroid dienone is 2. The van der Waals surface area contributed by atoms with Crippen molar-refractivity contribution in [2.24, 2.45) is 17.8 Å². The number of alkyl halides is 5. The van der Waals surface area contributed by atoms with E-state index in [1.54, 1.807) is 0 Å². The largest absolute Gasteiger partial charge is 0.507 e. The number of hydrazine groups is 1. The van der Waals surface area contributed by atoms with Gasteiger partial charge in [-0.2, -0.15) is 18.2 Å². The Balaban J connectivity index is 1.39. The Morgan fingerprint density at radius 2 is 1.50 bits per heavy atom. The number of hydrogen-bond donors (Lipinski definition) is 1. The van der Waals surface area contributed by atoms with Crippen LogP contribution >= 0.6 is 34.8 Å². The van der Waals surface area contributed by atoms with E-state index in [9.17, 15) is 50.6 Å². The molecule has 4 aliphatic rings. The zero-order chi connectivity index (χ0) is 39.7. The molecular weight excluding hydrogens is 803 g/mol. The Labute approximate surface area is 313 Å². The molecule has 9 nitrogen and oxygen atoms in total. The fourth-order valence-electron chi connectivity index (χ4n) is 8.02. The fraction of sp³-hybridized carbons (Fsp3) is 0.324. The molecule has 1 aromatic heterocycles. The smallest absolute Gasteiger partial charge is 0.433 e. The molecule has 2 aliphatic heterocycles. The molecule has 2 aliphatic carbocycles. The second-order valence-electron chi connectivity index (χ2n) is 13.2. The molecule has 3 heterocycles. The van der Waals surface area contributed by atoms with Crippen molar-refractivity contribution in [3.8, 4) is 5.75 Å². The summed E-state index contributed by atoms with van der Waals surface area (Å²) in [5.74, 6) is -25.1. The Kier molecular flexibility index (Phi) is 8.59. The van der Waals surface area contributed by atoms with Gasteiger partial charge < -0.3 is 5.11 Å². The lowest BCUT2D eigenvalue weighted by atomic mass is 9.56. The maximum absolute atomic E-state index is 15.2. The first kappa shape index (κ1) is 37.8. The summed E-state index contributed by atoms with van der Waals surface area (Å²) in [6.45, 7) is 1.45. The molecule has 1 N–H and O–H groups in total. The number of amides is 4. The molecule has 0 spiro atoms. The number of pyridine rings is 1. The number of benzene rings is 2. The van der Waals surface area contributed by atoms with Crippen LogP contribution in [-0.4, -0.2) is 55.5 Å². The van der Waals surface area contributed by atoms with Crippen LogP contribution < -0.4 is 9.91 Å². The number of anilines is 2. The molecule has 284 valence electrons. The number of hydrogen-bond acceptors (Lipinski definition) is 7. The predicted octanol–water partition coefficient (Wildman–Crippen LogP) is 7.08. The standard InChI is InChI=1S/C34H21Cl3F8N4O5/c1-11-4-3-5-14(26(11)50)19-12-6-7-13-18(29(52)49(28(13)51)47(2)27-16(35)8-9-17(46-27)34(43,44)45)15(12)10-32(36)30(53)48(31(54)33(19,32)37)25-23(41)21(39)20(38)22(40)24(25)42/h3-6,8-9,13,15,18-19,50H,7,10H2,1-2H3/t13-,15+,18-,19+,32+,33-/m0/s1. The van der Waals surface area contributed by atoms with Crippen molar-refractivity contribution in [1.29, 1.82) is 0 Å². The molecule has 2 saturated heterocycles. The molecule has 0 radical (unpaired) electrons. The van der Waals surface area contributed by atoms with E-state index >= 15 is 8.78 Å². The van der Waals surface area contributed by atoms with Crippen molar-refractivity contribution in [1.82, 2.24) is 9.99 Å². The summed E-state index contributed by atoms with van der Waals surface area (Å²) in [6.07, 6.45) is -4.67. The van der Waals surface area contributed by atoms with E-state index in [-0.39, 0.29) is 33.0 Å². The molecule has 7 rings (SSSR count). The molecule has 0 bridgehead atoms. The van der Waals surface area contributed by atoms with Gasteiger partial charge in [0.25, 0.3) is 23.6 Å². The highest BCUT2D eigenvalue weighted by Crippen LogP contribution is 2.67. The van der Waals surface area contributed by atoms with E-state index in [2.05, 4.69) is 4.98 Å². The number of para-hydroxylation sites is 1. The van der Waals surface area contributed by atoms with E-state index in [1.165, 1.54) is 31.2 Å². The molecule has 6 atom stereocenters. The van der Waals surface area contributed by atoms with E-state index < -0.39 is 122 Å². The van der Waals surface area contributed by atoms with Crippen molar-refractivity contribution in [2.75, 3.05) is 17.0 Å². The van der Waals surface area contributed by atoms with Crippen LogP contribution in [0.5, 0.6) is 5.75 Å². The van der Waals surface area contributed by atoms with Gasteiger partial charge in [-0.25, -0.2) is 31.8 Å². The minimum atomic E-state index is -4.94. The number of aromatic nitrogens is 1. The van der Waals surface area contributed by atoms with Crippen molar-refractivity contribution < 1.29 is 59.4 Å². The van der Waals surface area contributed by atoms with Gasteiger partial charge in [-0.3, -0.25) is 24.2 Å². The average Bonchev–Trinajstić information content (AvgIpc) is 3.45. The van der Waals surface area contributed by atoms with Gasteiger partial charge in [0.2, 0.25) is 5.82 Å². The van der Waals surface area contributed by atoms with Gasteiger partial charge in [0.15, 0.2) is 38.8 Å². The first-order valence-corrected chi connectivity index (χ1v) is 16.9. The molecule has 3 aromatic rings. The molecule has 4 amide bonds. The zero-order valence-corrected chi connectivity index (χ0v) is 29.5. The van der Waals surface area contributed by atoms with E-state index in [0.29, 0.717) is 16.1 Å². The van der Waals surface area contributed by atoms with Gasteiger partial charge in [0.1, 0.15) is 17.1 Å². The number of carbonyl (C=O) groups excluding carboxylic acids is 4. The summed E-state index contributed by atoms with van der Waals surface area (Å²) in [5.41, 5.74) is -3.31. The molecule has 1 saturated carbocycles. The molecule has 54 heavy (non-hydrogen) atoms. The molecule has 2 aromatic carbocycles. The summed E-state index contributed by atoms with van der Waals surface area (Å²) in [7, 11) is 1.05. The van der Waals surface area contributed by atoms with Crippen LogP contribution in [0.3, 0.4) is 0 Å². The number of halogens is 11. The highest BCUT2D eigenvalue weighted by atomic mass is 35.5. The molecule has 0 unspecified atom stereocenters. The summed E-state index contributed by atoms with van der Waals surface area (Å²) in [5, 5.41) is 12.1. The highest BCUT2D eigenvalue weighted by molar-refractivity contribution is 6.58. The number of imide groups is 2. The fourth-order valence-corrected chi connectivity index (χ4v) is 9.17. The average molecular weight is 824 g/mol. The second kappa shape index (κ2) is 12.3. The molecule has 3 fully saturated rings. The summed E-state index contributed by atoms with van der Waals surface area (Å²) < 4.78 is 114. The maximum Gasteiger partial charge on any atom is 0.433 e. The molecular formula is C34H21Cl3F8N4O5. The topological polar surface area (TPSA) is 111 Å². The Bertz CT molecular complexity index is 2250. The van der Waals surface area contributed by atoms with E-state index in [1.807, 2.05) is 0 Å². The number of fused-ring (bicyclic) bond motifs is 4. The lowest BCUT2D eigenvalue weighted by molar-refractivity contribution is -0.141. The van der Waals surface area contributed by atoms with Crippen molar-refractivity contribution in [2.45, 2.75) is 41.6 Å². The number of nitrogens with zero attached hydrogens (tertiary/aromatic N) is 4. The van der Waals surface area contributed by atoms with Gasteiger partial charge in [-0.15, -0.1) is 23.2 Å². The monoisotopic (exact) mass is 822 g/mol. The second-order valence-corrected chi connectivity index (χ2v) is 14.9. The van der Waals surface area contributed by atoms with E-state index in [0.717, 1.165) is 13.1 Å². The third-order valence-corrected chi connectivity index (χ3v) is 12.2. The van der Waals surface area contributed by atoms with Gasteiger partial charge in [0.05, 0.1) is 16.9 Å². The number of rotatable bonds is 4. The first-order valence-electron chi connectivity index (χ1n) is 15.7. The van der Waals surface area contributed by atoms with Gasteiger partial charge >= 0.3 is 6.18 Å². The van der Waals surface area contributed by atoms with Crippen molar-refractivity contribution in [3.05, 3.63) is 92.9 Å². The van der Waals surface area contributed by atoms with Crippen molar-refractivity contribution in [3.63, 3.8) is 0 Å². The van der Waals surface area contributed by atoms with Gasteiger partial charge in [-0.1, -0.05) is 41.4 Å². The normalized spacial score (nSPS) is 28.0. The van der Waals surface area contributed by atoms with Crippen LogP contribution in [0, 0.1) is 53.8 Å². The van der Waals surface area contributed by atoms with Crippen LogP contribution in [0.4, 0.5) is 46.6 Å². The number of phenolic OH excluding ortho intramolecular Hbond substituents is 1. The van der Waals surface area contributed by atoms with Gasteiger partial charge in [0, 0.05) is 18.5 Å². The van der Waals surface area contributed by atoms with Crippen LogP contribution in [0.15, 0.2) is 42.0 Å². The van der Waals surface area contributed by atoms with E-state index in [4.69, 9.17) is 34.8 Å². The first-order chi connectivity index (χ1) is 25.1. The number of aromatic hydroxyl groups is 1. The van der Waals surface area contributed by atoms with Crippen LogP contribution in [0.1, 0.15) is 35.6 Å². The highest BCUT2D eigenvalue weighted by Gasteiger charge is 2.77. The number of aryl methyl sites for hydroxylation is 1. The Morgan fingerprint density at radius 3 is 2.11 bits per heavy atom. The van der Waals surface area contributed by atoms with Crippen LogP contribution in [-0.2, 0) is 25.4 Å². The Morgan fingerprint density at radius 1 is 0.889 bits per heavy atom. The zero-order valence-electron chi connectivity index (χ0n) is 27.2. The quantitative estimate of drug-likeness (QED) is 0.0749. The third kappa shape index (κ3) is 4.86. The van der Waals surface area contributed by atoms with Crippen LogP contribution in [0.25, 0.3) is 0 Å². The third-order valence-electron chi connectivity index (χ3n) is 10.5. The predicted molar refractivity (Wildman–Crippen MR) is 174 cm³/mol. The minimum absolute atomic E-state index is 0.0460. The lowest BCUT2D eigenvalue weighted by Crippen LogP contribution is -2.60. The summed E-state index contributed by atoms with van der Waals surface area (Å²) >= 11 is 20.3. The SMILES string of the molecule is Cc1cccc([C@H]2C3=CC[C@@H]4C(=O)N(N(C)c5nc(C(F)(F)F)ccc5Cl)C(=O)[C@@H]4[C@@H]3C[C@@]3(Cl)C(=O)N(c4c(F)c(F)c(F)c(F)c4F)C(=O)[C@@]23Cl)c1O. The lowest BCUT2D eigenvalue weighted by Gasteiger charge is -2.50. The minimum Gasteiger partial charge on any atom is -0.507 e. The summed E-state index contributed by atoms with van der Waals surface area (Å²) in [4.78, 5) is 54.3. The van der Waals surface area contributed by atoms with Crippen molar-refractivity contribution >= 4 is 69.9 Å². The number of carbonyl (C=O) groups is 4. The maximum atomic E-state index is 15.2.